The van der Waals surface area contributed by atoms with Crippen LogP contribution in [-0.2, 0) is 19.3 Å². The highest BCUT2D eigenvalue weighted by Gasteiger charge is 2.30. The monoisotopic (exact) mass is 268 g/mol. The number of hydrogen-bond donors (Lipinski definition) is 2. The second-order valence-electron chi connectivity index (χ2n) is 6.38. The van der Waals surface area contributed by atoms with E-state index < -0.39 is 6.10 Å². The average molecular weight is 268 g/mol. The van der Waals surface area contributed by atoms with E-state index in [1.165, 1.54) is 17.0 Å². The van der Waals surface area contributed by atoms with Gasteiger partial charge in [-0.1, -0.05) is 20.8 Å². The lowest BCUT2D eigenvalue weighted by molar-refractivity contribution is 0.183. The van der Waals surface area contributed by atoms with Crippen LogP contribution in [0.5, 0.6) is 0 Å². The van der Waals surface area contributed by atoms with Gasteiger partial charge in [0.25, 0.3) is 0 Å². The minimum Gasteiger partial charge on any atom is -0.391 e. The maximum atomic E-state index is 9.60. The van der Waals surface area contributed by atoms with Gasteiger partial charge in [0.2, 0.25) is 0 Å². The Morgan fingerprint density at radius 1 is 1.50 bits per heavy atom. The van der Waals surface area contributed by atoms with E-state index in [1.54, 1.807) is 11.3 Å². The molecule has 1 heterocycles. The fraction of sp³-hybridized carbons (Fsp3) is 0.786. The van der Waals surface area contributed by atoms with Crippen LogP contribution in [0, 0.1) is 11.3 Å². The zero-order valence-corrected chi connectivity index (χ0v) is 12.4. The van der Waals surface area contributed by atoms with Crippen molar-refractivity contribution in [1.82, 2.24) is 4.98 Å². The molecule has 1 aliphatic rings. The standard InChI is InChI=1S/C14H24N2OS/c1-14(2,3)9-4-5-11-12(6-9)18-13(16-11)7-10(17)8-15/h9-10,17H,4-8,15H2,1-3H3. The fourth-order valence-electron chi connectivity index (χ4n) is 2.54. The third-order valence-corrected chi connectivity index (χ3v) is 5.03. The first-order valence-corrected chi connectivity index (χ1v) is 7.57. The molecule has 1 aromatic heterocycles. The molecule has 1 aliphatic carbocycles. The SMILES string of the molecule is CC(C)(C)C1CCc2nc(CC(O)CN)sc2C1. The van der Waals surface area contributed by atoms with Gasteiger partial charge in [0.1, 0.15) is 0 Å². The molecular formula is C14H24N2OS. The summed E-state index contributed by atoms with van der Waals surface area (Å²) in [6, 6.07) is 0. The van der Waals surface area contributed by atoms with E-state index in [9.17, 15) is 5.11 Å². The van der Waals surface area contributed by atoms with E-state index in [4.69, 9.17) is 5.73 Å². The number of aromatic nitrogens is 1. The first-order valence-electron chi connectivity index (χ1n) is 6.75. The Kier molecular flexibility index (Phi) is 4.09. The third kappa shape index (κ3) is 3.11. The van der Waals surface area contributed by atoms with Crippen molar-refractivity contribution in [3.8, 4) is 0 Å². The van der Waals surface area contributed by atoms with Gasteiger partial charge in [0, 0.05) is 17.8 Å². The molecule has 0 aromatic carbocycles. The molecule has 1 aromatic rings. The van der Waals surface area contributed by atoms with Crippen LogP contribution in [0.25, 0.3) is 0 Å². The Morgan fingerprint density at radius 3 is 2.83 bits per heavy atom. The lowest BCUT2D eigenvalue weighted by Gasteiger charge is -2.33. The average Bonchev–Trinajstić information content (AvgIpc) is 2.68. The van der Waals surface area contributed by atoms with Gasteiger partial charge in [0.05, 0.1) is 16.8 Å². The molecule has 2 rings (SSSR count). The number of rotatable bonds is 3. The number of nitrogens with two attached hydrogens (primary N) is 1. The Labute approximate surface area is 113 Å². The first-order chi connectivity index (χ1) is 8.40. The number of aliphatic hydroxyl groups excluding tert-OH is 1. The van der Waals surface area contributed by atoms with Gasteiger partial charge in [0.15, 0.2) is 0 Å². The predicted molar refractivity (Wildman–Crippen MR) is 75.8 cm³/mol. The van der Waals surface area contributed by atoms with E-state index in [0.717, 1.165) is 23.8 Å². The number of nitrogens with zero attached hydrogens (tertiary/aromatic N) is 1. The van der Waals surface area contributed by atoms with E-state index in [1.807, 2.05) is 0 Å². The van der Waals surface area contributed by atoms with Gasteiger partial charge in [-0.05, 0) is 30.6 Å². The molecular weight excluding hydrogens is 244 g/mol. The molecule has 0 radical (unpaired) electrons. The maximum absolute atomic E-state index is 9.60. The molecule has 3 N–H and O–H groups in total. The van der Waals surface area contributed by atoms with Gasteiger partial charge >= 0.3 is 0 Å². The molecule has 2 unspecified atom stereocenters. The molecule has 0 aliphatic heterocycles. The topological polar surface area (TPSA) is 59.1 Å². The van der Waals surface area contributed by atoms with Crippen LogP contribution in [0.15, 0.2) is 0 Å². The Morgan fingerprint density at radius 2 is 2.22 bits per heavy atom. The lowest BCUT2D eigenvalue weighted by atomic mass is 9.73. The van der Waals surface area contributed by atoms with E-state index >= 15 is 0 Å². The molecule has 4 heteroatoms. The van der Waals surface area contributed by atoms with E-state index in [2.05, 4.69) is 25.8 Å². The van der Waals surface area contributed by atoms with Crippen LogP contribution < -0.4 is 5.73 Å². The van der Waals surface area contributed by atoms with E-state index in [0.29, 0.717) is 18.4 Å². The number of aryl methyl sites for hydroxylation is 1. The van der Waals surface area contributed by atoms with Crippen molar-refractivity contribution in [2.75, 3.05) is 6.54 Å². The molecule has 0 spiro atoms. The van der Waals surface area contributed by atoms with Crippen LogP contribution in [0.1, 0.15) is 42.8 Å². The third-order valence-electron chi connectivity index (χ3n) is 3.89. The van der Waals surface area contributed by atoms with Crippen LogP contribution in [-0.4, -0.2) is 22.7 Å². The lowest BCUT2D eigenvalue weighted by Crippen LogP contribution is -2.26. The molecule has 0 amide bonds. The summed E-state index contributed by atoms with van der Waals surface area (Å²) >= 11 is 1.77. The Bertz CT molecular complexity index is 408. The van der Waals surface area contributed by atoms with Crippen molar-refractivity contribution in [2.45, 2.75) is 52.6 Å². The minimum absolute atomic E-state index is 0.314. The van der Waals surface area contributed by atoms with Gasteiger partial charge in [-0.15, -0.1) is 11.3 Å². The number of thiazole rings is 1. The van der Waals surface area contributed by atoms with Crippen molar-refractivity contribution < 1.29 is 5.11 Å². The van der Waals surface area contributed by atoms with Crippen LogP contribution in [0.3, 0.4) is 0 Å². The molecule has 102 valence electrons. The number of hydrogen-bond acceptors (Lipinski definition) is 4. The molecule has 0 bridgehead atoms. The fourth-order valence-corrected chi connectivity index (χ4v) is 3.81. The summed E-state index contributed by atoms with van der Waals surface area (Å²) < 4.78 is 0. The summed E-state index contributed by atoms with van der Waals surface area (Å²) in [5, 5.41) is 10.6. The molecule has 0 fully saturated rings. The highest BCUT2D eigenvalue weighted by molar-refractivity contribution is 7.11. The van der Waals surface area contributed by atoms with Crippen LogP contribution in [0.2, 0.25) is 0 Å². The maximum Gasteiger partial charge on any atom is 0.0957 e. The Hall–Kier alpha value is -0.450. The molecule has 3 nitrogen and oxygen atoms in total. The van der Waals surface area contributed by atoms with Crippen molar-refractivity contribution in [2.24, 2.45) is 17.1 Å². The summed E-state index contributed by atoms with van der Waals surface area (Å²) in [4.78, 5) is 6.09. The molecule has 0 saturated heterocycles. The van der Waals surface area contributed by atoms with Crippen LogP contribution >= 0.6 is 11.3 Å². The highest BCUT2D eigenvalue weighted by Crippen LogP contribution is 2.39. The minimum atomic E-state index is -0.448. The van der Waals surface area contributed by atoms with Gasteiger partial charge in [-0.2, -0.15) is 0 Å². The summed E-state index contributed by atoms with van der Waals surface area (Å²) in [6.45, 7) is 7.28. The van der Waals surface area contributed by atoms with Crippen molar-refractivity contribution in [1.29, 1.82) is 0 Å². The Balaban J connectivity index is 2.09. The summed E-state index contributed by atoms with van der Waals surface area (Å²) in [5.41, 5.74) is 7.09. The highest BCUT2D eigenvalue weighted by atomic mass is 32.1. The van der Waals surface area contributed by atoms with Crippen LogP contribution in [0.4, 0.5) is 0 Å². The summed E-state index contributed by atoms with van der Waals surface area (Å²) in [7, 11) is 0. The van der Waals surface area contributed by atoms with Crippen molar-refractivity contribution in [3.05, 3.63) is 15.6 Å². The van der Waals surface area contributed by atoms with Gasteiger partial charge in [-0.25, -0.2) is 4.98 Å². The largest absolute Gasteiger partial charge is 0.391 e. The first kappa shape index (κ1) is 14.0. The zero-order valence-electron chi connectivity index (χ0n) is 11.6. The second-order valence-corrected chi connectivity index (χ2v) is 7.55. The van der Waals surface area contributed by atoms with Gasteiger partial charge < -0.3 is 10.8 Å². The second kappa shape index (κ2) is 5.27. The summed E-state index contributed by atoms with van der Waals surface area (Å²) in [6.07, 6.45) is 3.63. The van der Waals surface area contributed by atoms with Gasteiger partial charge in [-0.3, -0.25) is 0 Å². The van der Waals surface area contributed by atoms with Crippen molar-refractivity contribution in [3.63, 3.8) is 0 Å². The van der Waals surface area contributed by atoms with Crippen molar-refractivity contribution >= 4 is 11.3 Å². The predicted octanol–water partition coefficient (Wildman–Crippen LogP) is 2.16. The zero-order chi connectivity index (χ0) is 13.3. The van der Waals surface area contributed by atoms with E-state index in [-0.39, 0.29) is 0 Å². The molecule has 0 saturated carbocycles. The quantitative estimate of drug-likeness (QED) is 0.883. The molecule has 2 atom stereocenters. The summed E-state index contributed by atoms with van der Waals surface area (Å²) in [5.74, 6) is 0.748. The smallest absolute Gasteiger partial charge is 0.0957 e. The number of fused-ring (bicyclic) bond motifs is 1. The number of aliphatic hydroxyl groups is 1. The molecule has 18 heavy (non-hydrogen) atoms. The normalized spacial score (nSPS) is 21.7.